The molecule has 0 aliphatic carbocycles. The summed E-state index contributed by atoms with van der Waals surface area (Å²) < 4.78 is 0. The van der Waals surface area contributed by atoms with E-state index in [1.807, 2.05) is 54.0 Å². The number of hydrogen-bond acceptors (Lipinski definition) is 2. The van der Waals surface area contributed by atoms with Crippen molar-refractivity contribution in [3.05, 3.63) is 35.9 Å². The van der Waals surface area contributed by atoms with E-state index in [-0.39, 0.29) is 17.9 Å². The van der Waals surface area contributed by atoms with Crippen LogP contribution in [0, 0.1) is 0 Å². The maximum atomic E-state index is 12.3. The zero-order valence-electron chi connectivity index (χ0n) is 11.5. The lowest BCUT2D eigenvalue weighted by Gasteiger charge is -2.39. The zero-order chi connectivity index (χ0) is 13.8. The monoisotopic (exact) mass is 260 g/mol. The molecule has 0 bridgehead atoms. The molecule has 4 heteroatoms. The van der Waals surface area contributed by atoms with E-state index in [2.05, 4.69) is 0 Å². The van der Waals surface area contributed by atoms with Gasteiger partial charge in [-0.1, -0.05) is 25.1 Å². The highest BCUT2D eigenvalue weighted by atomic mass is 16.2. The Kier molecular flexibility index (Phi) is 4.20. The number of rotatable bonds is 2. The molecule has 0 spiro atoms. The van der Waals surface area contributed by atoms with Gasteiger partial charge in [0.1, 0.15) is 0 Å². The maximum Gasteiger partial charge on any atom is 0.253 e. The topological polar surface area (TPSA) is 40.6 Å². The first-order chi connectivity index (χ1) is 9.13. The molecule has 102 valence electrons. The van der Waals surface area contributed by atoms with E-state index in [1.165, 1.54) is 0 Å². The minimum Gasteiger partial charge on any atom is -0.336 e. The number of nitrogens with zero attached hydrogens (tertiary/aromatic N) is 2. The Morgan fingerprint density at radius 2 is 1.89 bits per heavy atom. The van der Waals surface area contributed by atoms with Crippen molar-refractivity contribution in [2.24, 2.45) is 0 Å². The summed E-state index contributed by atoms with van der Waals surface area (Å²) in [5.41, 5.74) is 0.713. The fourth-order valence-electron chi connectivity index (χ4n) is 2.48. The van der Waals surface area contributed by atoms with Crippen LogP contribution in [-0.4, -0.2) is 47.3 Å². The summed E-state index contributed by atoms with van der Waals surface area (Å²) in [6.45, 7) is 5.73. The van der Waals surface area contributed by atoms with E-state index < -0.39 is 0 Å². The molecule has 1 atom stereocenters. The second-order valence-corrected chi connectivity index (χ2v) is 4.91. The Labute approximate surface area is 114 Å². The van der Waals surface area contributed by atoms with E-state index in [1.54, 1.807) is 0 Å². The molecule has 1 aromatic carbocycles. The maximum absolute atomic E-state index is 12.3. The van der Waals surface area contributed by atoms with Crippen LogP contribution in [0.25, 0.3) is 0 Å². The summed E-state index contributed by atoms with van der Waals surface area (Å²) in [4.78, 5) is 27.8. The molecule has 0 aromatic heterocycles. The minimum atomic E-state index is 0.0519. The highest BCUT2D eigenvalue weighted by Gasteiger charge is 2.29. The summed E-state index contributed by atoms with van der Waals surface area (Å²) in [6.07, 6.45) is 0.525. The van der Waals surface area contributed by atoms with Gasteiger partial charge in [0.25, 0.3) is 5.91 Å². The van der Waals surface area contributed by atoms with Crippen LogP contribution in [0.1, 0.15) is 30.6 Å². The zero-order valence-corrected chi connectivity index (χ0v) is 11.5. The van der Waals surface area contributed by atoms with Gasteiger partial charge in [-0.25, -0.2) is 0 Å². The molecule has 1 saturated heterocycles. The second kappa shape index (κ2) is 5.87. The summed E-state index contributed by atoms with van der Waals surface area (Å²) >= 11 is 0. The molecular weight excluding hydrogens is 240 g/mol. The van der Waals surface area contributed by atoms with Gasteiger partial charge >= 0.3 is 0 Å². The van der Waals surface area contributed by atoms with E-state index >= 15 is 0 Å². The molecule has 0 unspecified atom stereocenters. The lowest BCUT2D eigenvalue weighted by molar-refractivity contribution is -0.134. The molecule has 1 aliphatic heterocycles. The third-order valence-corrected chi connectivity index (χ3v) is 3.56. The van der Waals surface area contributed by atoms with Gasteiger partial charge in [-0.3, -0.25) is 9.59 Å². The van der Waals surface area contributed by atoms with Crippen LogP contribution in [0.15, 0.2) is 30.3 Å². The fraction of sp³-hybridized carbons (Fsp3) is 0.467. The molecule has 1 aliphatic rings. The molecule has 0 saturated carbocycles. The van der Waals surface area contributed by atoms with Gasteiger partial charge in [-0.2, -0.15) is 0 Å². The minimum absolute atomic E-state index is 0.0519. The molecule has 19 heavy (non-hydrogen) atoms. The first-order valence-corrected chi connectivity index (χ1v) is 6.77. The Hall–Kier alpha value is -1.84. The first-order valence-electron chi connectivity index (χ1n) is 6.77. The highest BCUT2D eigenvalue weighted by molar-refractivity contribution is 5.94. The Balaban J connectivity index is 2.02. The summed E-state index contributed by atoms with van der Waals surface area (Å²) in [7, 11) is 0. The van der Waals surface area contributed by atoms with Gasteiger partial charge in [0, 0.05) is 37.7 Å². The highest BCUT2D eigenvalue weighted by Crippen LogP contribution is 2.14. The first kappa shape index (κ1) is 13.6. The van der Waals surface area contributed by atoms with Crippen molar-refractivity contribution < 1.29 is 9.59 Å². The molecular formula is C15H20N2O2. The molecule has 1 heterocycles. The number of carbonyl (C=O) groups is 2. The smallest absolute Gasteiger partial charge is 0.253 e. The largest absolute Gasteiger partial charge is 0.336 e. The van der Waals surface area contributed by atoms with Crippen molar-refractivity contribution in [1.82, 2.24) is 9.80 Å². The summed E-state index contributed by atoms with van der Waals surface area (Å²) in [6, 6.07) is 9.39. The molecule has 2 rings (SSSR count). The van der Waals surface area contributed by atoms with Gasteiger partial charge in [0.2, 0.25) is 5.91 Å². The number of amides is 2. The lowest BCUT2D eigenvalue weighted by atomic mass is 10.1. The second-order valence-electron chi connectivity index (χ2n) is 4.91. The van der Waals surface area contributed by atoms with Gasteiger partial charge in [0.05, 0.1) is 0 Å². The Morgan fingerprint density at radius 3 is 2.47 bits per heavy atom. The molecule has 0 radical (unpaired) electrons. The number of piperazine rings is 1. The Bertz CT molecular complexity index is 458. The van der Waals surface area contributed by atoms with Crippen LogP contribution in [0.2, 0.25) is 0 Å². The quantitative estimate of drug-likeness (QED) is 0.813. The van der Waals surface area contributed by atoms with E-state index in [0.29, 0.717) is 31.6 Å². The SMILES string of the molecule is CCC(=O)N1CCN(C(=O)c2ccccc2)C[C@H]1C. The Morgan fingerprint density at radius 1 is 1.21 bits per heavy atom. The predicted octanol–water partition coefficient (Wildman–Crippen LogP) is 1.77. The predicted molar refractivity (Wildman–Crippen MR) is 73.8 cm³/mol. The third-order valence-electron chi connectivity index (χ3n) is 3.56. The normalized spacial score (nSPS) is 19.4. The van der Waals surface area contributed by atoms with Gasteiger partial charge < -0.3 is 9.80 Å². The van der Waals surface area contributed by atoms with E-state index in [4.69, 9.17) is 0 Å². The van der Waals surface area contributed by atoms with Gasteiger partial charge in [-0.05, 0) is 19.1 Å². The third kappa shape index (κ3) is 2.95. The molecule has 2 amide bonds. The van der Waals surface area contributed by atoms with Crippen molar-refractivity contribution in [3.8, 4) is 0 Å². The van der Waals surface area contributed by atoms with Crippen LogP contribution in [0.3, 0.4) is 0 Å². The average molecular weight is 260 g/mol. The summed E-state index contributed by atoms with van der Waals surface area (Å²) in [5, 5.41) is 0. The van der Waals surface area contributed by atoms with Crippen molar-refractivity contribution in [1.29, 1.82) is 0 Å². The van der Waals surface area contributed by atoms with E-state index in [0.717, 1.165) is 0 Å². The van der Waals surface area contributed by atoms with Crippen molar-refractivity contribution in [2.45, 2.75) is 26.3 Å². The van der Waals surface area contributed by atoms with Crippen LogP contribution in [-0.2, 0) is 4.79 Å². The van der Waals surface area contributed by atoms with Crippen LogP contribution in [0.4, 0.5) is 0 Å². The standard InChI is InChI=1S/C15H20N2O2/c1-3-14(18)17-10-9-16(11-12(17)2)15(19)13-7-5-4-6-8-13/h4-8,12H,3,9-11H2,1-2H3/t12-/m1/s1. The number of benzene rings is 1. The van der Waals surface area contributed by atoms with Gasteiger partial charge in [-0.15, -0.1) is 0 Å². The van der Waals surface area contributed by atoms with Crippen LogP contribution >= 0.6 is 0 Å². The molecule has 0 N–H and O–H groups in total. The molecule has 1 aromatic rings. The lowest BCUT2D eigenvalue weighted by Crippen LogP contribution is -2.55. The average Bonchev–Trinajstić information content (AvgIpc) is 2.46. The van der Waals surface area contributed by atoms with Crippen LogP contribution in [0.5, 0.6) is 0 Å². The van der Waals surface area contributed by atoms with Crippen LogP contribution < -0.4 is 0 Å². The fourth-order valence-corrected chi connectivity index (χ4v) is 2.48. The summed E-state index contributed by atoms with van der Waals surface area (Å²) in [5.74, 6) is 0.218. The van der Waals surface area contributed by atoms with Crippen molar-refractivity contribution in [2.75, 3.05) is 19.6 Å². The van der Waals surface area contributed by atoms with Crippen molar-refractivity contribution >= 4 is 11.8 Å². The van der Waals surface area contributed by atoms with E-state index in [9.17, 15) is 9.59 Å². The molecule has 1 fully saturated rings. The number of hydrogen-bond donors (Lipinski definition) is 0. The van der Waals surface area contributed by atoms with Gasteiger partial charge in [0.15, 0.2) is 0 Å². The number of carbonyl (C=O) groups excluding carboxylic acids is 2. The molecule has 4 nitrogen and oxygen atoms in total. The van der Waals surface area contributed by atoms with Crippen molar-refractivity contribution in [3.63, 3.8) is 0 Å².